The molecule has 7 nitrogen and oxygen atoms in total. The molecular formula is C27H28ClFN4O3. The van der Waals surface area contributed by atoms with Crippen molar-refractivity contribution in [3.63, 3.8) is 0 Å². The standard InChI is InChI=1S/C27H28ClFN4O3/c1-15-6-7-23(27(4,5)35)32-25(15)20-11-21(16(2)12-31-20)33-17(3)10-22(24(28)26(33)34)36-14-18-13-30-9-8-19(18)29/h6-11,13,16,35H,12,14H2,1-5H3. The lowest BCUT2D eigenvalue weighted by molar-refractivity contribution is 0.0738. The van der Waals surface area contributed by atoms with Crippen molar-refractivity contribution >= 4 is 23.0 Å². The average Bonchev–Trinajstić information content (AvgIpc) is 2.82. The highest BCUT2D eigenvalue weighted by molar-refractivity contribution is 6.31. The van der Waals surface area contributed by atoms with E-state index in [1.165, 1.54) is 18.5 Å². The van der Waals surface area contributed by atoms with Crippen LogP contribution in [0, 0.1) is 25.6 Å². The van der Waals surface area contributed by atoms with Crippen LogP contribution < -0.4 is 10.3 Å². The molecule has 1 N–H and O–H groups in total. The van der Waals surface area contributed by atoms with E-state index in [9.17, 15) is 14.3 Å². The van der Waals surface area contributed by atoms with Gasteiger partial charge in [-0.2, -0.15) is 0 Å². The van der Waals surface area contributed by atoms with Crippen molar-refractivity contribution in [1.29, 1.82) is 0 Å². The van der Waals surface area contributed by atoms with Gasteiger partial charge in [0.05, 0.1) is 17.1 Å². The number of hydrogen-bond donors (Lipinski definition) is 1. The van der Waals surface area contributed by atoms with Crippen molar-refractivity contribution in [3.05, 3.63) is 92.1 Å². The molecular weight excluding hydrogens is 483 g/mol. The van der Waals surface area contributed by atoms with Crippen LogP contribution in [0.5, 0.6) is 5.75 Å². The Bertz CT molecular complexity index is 1440. The summed E-state index contributed by atoms with van der Waals surface area (Å²) >= 11 is 6.43. The highest BCUT2D eigenvalue weighted by Gasteiger charge is 2.25. The summed E-state index contributed by atoms with van der Waals surface area (Å²) in [5, 5.41) is 10.3. The van der Waals surface area contributed by atoms with Gasteiger partial charge in [-0.25, -0.2) is 9.37 Å². The van der Waals surface area contributed by atoms with E-state index >= 15 is 0 Å². The predicted octanol–water partition coefficient (Wildman–Crippen LogP) is 4.83. The fourth-order valence-electron chi connectivity index (χ4n) is 3.99. The molecule has 188 valence electrons. The topological polar surface area (TPSA) is 89.6 Å². The second-order valence-electron chi connectivity index (χ2n) is 9.48. The molecule has 3 aromatic rings. The van der Waals surface area contributed by atoms with Gasteiger partial charge in [0.25, 0.3) is 5.56 Å². The van der Waals surface area contributed by atoms with Gasteiger partial charge in [-0.15, -0.1) is 0 Å². The van der Waals surface area contributed by atoms with E-state index in [0.717, 1.165) is 11.3 Å². The van der Waals surface area contributed by atoms with Crippen LogP contribution in [0.3, 0.4) is 0 Å². The number of ether oxygens (including phenoxy) is 1. The molecule has 1 aliphatic heterocycles. The number of dihydropyridines is 1. The zero-order valence-electron chi connectivity index (χ0n) is 20.8. The van der Waals surface area contributed by atoms with Crippen LogP contribution in [0.15, 0.2) is 52.5 Å². The molecule has 1 unspecified atom stereocenters. The Morgan fingerprint density at radius 1 is 1.28 bits per heavy atom. The molecule has 0 saturated heterocycles. The Morgan fingerprint density at radius 2 is 2.03 bits per heavy atom. The van der Waals surface area contributed by atoms with Gasteiger partial charge in [-0.1, -0.05) is 24.6 Å². The molecule has 4 rings (SSSR count). The van der Waals surface area contributed by atoms with Crippen LogP contribution in [0.2, 0.25) is 5.02 Å². The van der Waals surface area contributed by atoms with Gasteiger partial charge in [0.2, 0.25) is 0 Å². The van der Waals surface area contributed by atoms with Gasteiger partial charge < -0.3 is 9.84 Å². The van der Waals surface area contributed by atoms with Gasteiger partial charge in [-0.05, 0) is 51.5 Å². The SMILES string of the molecule is Cc1ccc(C(C)(C)O)nc1C1=NCC(C)C(n2c(C)cc(OCc3cnccc3F)c(Cl)c2=O)=C1. The Hall–Kier alpha value is -3.36. The third-order valence-electron chi connectivity index (χ3n) is 6.08. The maximum Gasteiger partial charge on any atom is 0.277 e. The molecule has 0 bridgehead atoms. The quantitative estimate of drug-likeness (QED) is 0.513. The van der Waals surface area contributed by atoms with Crippen LogP contribution in [-0.4, -0.2) is 31.9 Å². The number of aliphatic imine (C=N–C) groups is 1. The summed E-state index contributed by atoms with van der Waals surface area (Å²) in [6.07, 6.45) is 4.56. The lowest BCUT2D eigenvalue weighted by atomic mass is 9.98. The number of hydrogen-bond acceptors (Lipinski definition) is 6. The number of allylic oxidation sites excluding steroid dienone is 1. The lowest BCUT2D eigenvalue weighted by Crippen LogP contribution is -2.29. The molecule has 4 heterocycles. The minimum Gasteiger partial charge on any atom is -0.487 e. The first kappa shape index (κ1) is 25.7. The Labute approximate surface area is 214 Å². The van der Waals surface area contributed by atoms with E-state index in [1.807, 2.05) is 26.0 Å². The summed E-state index contributed by atoms with van der Waals surface area (Å²) in [5.74, 6) is -0.334. The number of aryl methyl sites for hydroxylation is 2. The second-order valence-corrected chi connectivity index (χ2v) is 9.86. The first-order chi connectivity index (χ1) is 17.0. The summed E-state index contributed by atoms with van der Waals surface area (Å²) in [5.41, 5.74) is 2.76. The molecule has 0 aliphatic carbocycles. The van der Waals surface area contributed by atoms with Gasteiger partial charge in [-0.3, -0.25) is 19.3 Å². The molecule has 0 saturated carbocycles. The van der Waals surface area contributed by atoms with Crippen molar-refractivity contribution in [2.75, 3.05) is 6.54 Å². The van der Waals surface area contributed by atoms with Gasteiger partial charge in [0, 0.05) is 47.9 Å². The number of rotatable bonds is 6. The monoisotopic (exact) mass is 510 g/mol. The van der Waals surface area contributed by atoms with E-state index in [2.05, 4.69) is 9.97 Å². The van der Waals surface area contributed by atoms with Crippen LogP contribution in [-0.2, 0) is 12.2 Å². The minimum atomic E-state index is -1.10. The van der Waals surface area contributed by atoms with E-state index < -0.39 is 17.0 Å². The summed E-state index contributed by atoms with van der Waals surface area (Å²) in [6, 6.07) is 6.60. The van der Waals surface area contributed by atoms with Crippen LogP contribution in [0.25, 0.3) is 5.70 Å². The van der Waals surface area contributed by atoms with E-state index in [4.69, 9.17) is 21.3 Å². The first-order valence-electron chi connectivity index (χ1n) is 11.6. The Morgan fingerprint density at radius 3 is 2.72 bits per heavy atom. The molecule has 0 amide bonds. The normalized spacial score (nSPS) is 15.9. The smallest absolute Gasteiger partial charge is 0.277 e. The third kappa shape index (κ3) is 5.10. The largest absolute Gasteiger partial charge is 0.487 e. The van der Waals surface area contributed by atoms with E-state index in [0.29, 0.717) is 29.3 Å². The number of aromatic nitrogens is 3. The van der Waals surface area contributed by atoms with Crippen LogP contribution in [0.4, 0.5) is 4.39 Å². The van der Waals surface area contributed by atoms with Crippen LogP contribution in [0.1, 0.15) is 49.0 Å². The fraction of sp³-hybridized carbons (Fsp3) is 0.333. The van der Waals surface area contributed by atoms with Crippen molar-refractivity contribution in [2.45, 2.75) is 46.8 Å². The summed E-state index contributed by atoms with van der Waals surface area (Å²) in [6.45, 7) is 9.39. The van der Waals surface area contributed by atoms with E-state index in [1.54, 1.807) is 37.5 Å². The lowest BCUT2D eigenvalue weighted by Gasteiger charge is -2.25. The third-order valence-corrected chi connectivity index (χ3v) is 6.42. The van der Waals surface area contributed by atoms with E-state index in [-0.39, 0.29) is 28.9 Å². The van der Waals surface area contributed by atoms with Crippen LogP contribution >= 0.6 is 11.6 Å². The van der Waals surface area contributed by atoms with Gasteiger partial charge in [0.1, 0.15) is 28.8 Å². The van der Waals surface area contributed by atoms with Gasteiger partial charge >= 0.3 is 0 Å². The number of halogens is 2. The second kappa shape index (κ2) is 9.95. The summed E-state index contributed by atoms with van der Waals surface area (Å²) < 4.78 is 21.2. The molecule has 0 fully saturated rings. The maximum atomic E-state index is 13.9. The molecule has 0 spiro atoms. The first-order valence-corrected chi connectivity index (χ1v) is 12.0. The highest BCUT2D eigenvalue weighted by Crippen LogP contribution is 2.29. The minimum absolute atomic E-state index is 0.0600. The molecule has 0 radical (unpaired) electrons. The van der Waals surface area contributed by atoms with Crippen molar-refractivity contribution in [1.82, 2.24) is 14.5 Å². The Kier molecular flexibility index (Phi) is 7.11. The molecule has 36 heavy (non-hydrogen) atoms. The molecule has 9 heteroatoms. The maximum absolute atomic E-state index is 13.9. The fourth-order valence-corrected chi connectivity index (χ4v) is 4.19. The molecule has 1 atom stereocenters. The Balaban J connectivity index is 1.72. The average molecular weight is 511 g/mol. The highest BCUT2D eigenvalue weighted by atomic mass is 35.5. The predicted molar refractivity (Wildman–Crippen MR) is 138 cm³/mol. The number of nitrogens with zero attached hydrogens (tertiary/aromatic N) is 4. The number of aliphatic hydroxyl groups is 1. The summed E-state index contributed by atoms with van der Waals surface area (Å²) in [7, 11) is 0. The van der Waals surface area contributed by atoms with Crippen molar-refractivity contribution in [3.8, 4) is 5.75 Å². The van der Waals surface area contributed by atoms with Crippen molar-refractivity contribution < 1.29 is 14.2 Å². The molecule has 1 aliphatic rings. The molecule has 0 aromatic carbocycles. The molecule has 3 aromatic heterocycles. The van der Waals surface area contributed by atoms with Crippen molar-refractivity contribution in [2.24, 2.45) is 10.9 Å². The number of pyridine rings is 3. The summed E-state index contributed by atoms with van der Waals surface area (Å²) in [4.78, 5) is 26.6. The van der Waals surface area contributed by atoms with Gasteiger partial charge in [0.15, 0.2) is 0 Å². The zero-order chi connectivity index (χ0) is 26.2. The zero-order valence-corrected chi connectivity index (χ0v) is 21.6.